The minimum absolute atomic E-state index is 0.162. The number of hydrogen-bond donors (Lipinski definition) is 2. The van der Waals surface area contributed by atoms with E-state index in [2.05, 4.69) is 19.2 Å². The maximum absolute atomic E-state index is 12.6. The second kappa shape index (κ2) is 15.0. The Morgan fingerprint density at radius 1 is 0.872 bits per heavy atom. The highest BCUT2D eigenvalue weighted by atomic mass is 16.5. The van der Waals surface area contributed by atoms with Crippen LogP contribution in [0.5, 0.6) is 11.5 Å². The van der Waals surface area contributed by atoms with Crippen LogP contribution in [0.4, 0.5) is 0 Å². The first-order chi connectivity index (χ1) is 18.9. The van der Waals surface area contributed by atoms with E-state index < -0.39 is 11.4 Å². The molecule has 0 aliphatic carbocycles. The summed E-state index contributed by atoms with van der Waals surface area (Å²) >= 11 is 0. The summed E-state index contributed by atoms with van der Waals surface area (Å²) in [6.45, 7) is 4.89. The largest absolute Gasteiger partial charge is 0.496 e. The molecule has 0 atom stereocenters. The van der Waals surface area contributed by atoms with Gasteiger partial charge < -0.3 is 19.9 Å². The second-order valence-corrected chi connectivity index (χ2v) is 10.00. The number of carbonyl (C=O) groups is 2. The van der Waals surface area contributed by atoms with Crippen LogP contribution in [-0.2, 0) is 11.2 Å². The summed E-state index contributed by atoms with van der Waals surface area (Å²) in [4.78, 5) is 24.9. The van der Waals surface area contributed by atoms with Crippen molar-refractivity contribution in [3.8, 4) is 22.6 Å². The summed E-state index contributed by atoms with van der Waals surface area (Å²) in [5.41, 5.74) is 2.81. The van der Waals surface area contributed by atoms with E-state index in [-0.39, 0.29) is 5.91 Å². The van der Waals surface area contributed by atoms with Crippen molar-refractivity contribution in [2.75, 3.05) is 20.3 Å². The number of hydrogen-bond acceptors (Lipinski definition) is 4. The molecule has 0 unspecified atom stereocenters. The third-order valence-electron chi connectivity index (χ3n) is 7.16. The topological polar surface area (TPSA) is 84.9 Å². The average molecular weight is 532 g/mol. The number of aliphatic carboxylic acids is 1. The van der Waals surface area contributed by atoms with E-state index in [4.69, 9.17) is 9.47 Å². The first kappa shape index (κ1) is 29.8. The number of carbonyl (C=O) groups excluding carboxylic acids is 1. The molecular weight excluding hydrogens is 490 g/mol. The molecule has 0 bridgehead atoms. The van der Waals surface area contributed by atoms with Gasteiger partial charge in [-0.05, 0) is 60.7 Å². The van der Waals surface area contributed by atoms with Crippen molar-refractivity contribution in [3.05, 3.63) is 83.9 Å². The third kappa shape index (κ3) is 8.34. The van der Waals surface area contributed by atoms with Crippen molar-refractivity contribution in [2.45, 2.75) is 58.8 Å². The molecule has 208 valence electrons. The van der Waals surface area contributed by atoms with Crippen LogP contribution in [0, 0.1) is 5.41 Å². The Hall–Kier alpha value is -3.80. The van der Waals surface area contributed by atoms with Crippen LogP contribution >= 0.6 is 0 Å². The lowest BCUT2D eigenvalue weighted by Crippen LogP contribution is -2.33. The zero-order valence-electron chi connectivity index (χ0n) is 23.4. The van der Waals surface area contributed by atoms with Crippen molar-refractivity contribution < 1.29 is 24.2 Å². The van der Waals surface area contributed by atoms with E-state index in [1.807, 2.05) is 60.7 Å². The quantitative estimate of drug-likeness (QED) is 0.192. The molecule has 0 fully saturated rings. The number of carboxylic acid groups (broad SMARTS) is 1. The van der Waals surface area contributed by atoms with E-state index in [0.29, 0.717) is 43.7 Å². The fourth-order valence-electron chi connectivity index (χ4n) is 4.84. The summed E-state index contributed by atoms with van der Waals surface area (Å²) in [5.74, 6) is 0.617. The van der Waals surface area contributed by atoms with Crippen molar-refractivity contribution in [1.29, 1.82) is 0 Å². The molecule has 0 radical (unpaired) electrons. The van der Waals surface area contributed by atoms with Gasteiger partial charge in [-0.3, -0.25) is 9.59 Å². The fraction of sp³-hybridized carbons (Fsp3) is 0.394. The Balaban J connectivity index is 1.50. The highest BCUT2D eigenvalue weighted by Crippen LogP contribution is 2.36. The van der Waals surface area contributed by atoms with Crippen molar-refractivity contribution in [1.82, 2.24) is 5.32 Å². The Morgan fingerprint density at radius 3 is 2.10 bits per heavy atom. The van der Waals surface area contributed by atoms with Gasteiger partial charge in [-0.2, -0.15) is 0 Å². The molecule has 39 heavy (non-hydrogen) atoms. The zero-order chi connectivity index (χ0) is 28.1. The summed E-state index contributed by atoms with van der Waals surface area (Å²) in [6, 6.07) is 22.9. The molecule has 6 nitrogen and oxygen atoms in total. The fourth-order valence-corrected chi connectivity index (χ4v) is 4.84. The first-order valence-corrected chi connectivity index (χ1v) is 13.9. The van der Waals surface area contributed by atoms with Gasteiger partial charge in [-0.25, -0.2) is 0 Å². The number of carboxylic acids is 1. The minimum atomic E-state index is -0.718. The number of amides is 1. The molecule has 0 saturated heterocycles. The zero-order valence-corrected chi connectivity index (χ0v) is 23.4. The molecule has 0 aromatic heterocycles. The van der Waals surface area contributed by atoms with Gasteiger partial charge in [0, 0.05) is 11.1 Å². The highest BCUT2D eigenvalue weighted by molar-refractivity contribution is 5.94. The van der Waals surface area contributed by atoms with Crippen LogP contribution in [0.15, 0.2) is 72.8 Å². The Labute approximate surface area is 232 Å². The number of rotatable bonds is 16. The maximum atomic E-state index is 12.6. The molecule has 3 aromatic carbocycles. The van der Waals surface area contributed by atoms with E-state index in [1.165, 1.54) is 0 Å². The molecule has 3 rings (SSSR count). The van der Waals surface area contributed by atoms with Gasteiger partial charge in [0.2, 0.25) is 0 Å². The van der Waals surface area contributed by atoms with Crippen LogP contribution in [0.3, 0.4) is 0 Å². The SMILES string of the molecule is CCCCC(CCCC)(Cc1ccc(OCCNC(=O)c2ccc(-c3ccccc3OC)cc2)cc1)C(=O)O. The predicted molar refractivity (Wildman–Crippen MR) is 156 cm³/mol. The second-order valence-electron chi connectivity index (χ2n) is 10.00. The molecule has 0 aliphatic heterocycles. The van der Waals surface area contributed by atoms with Crippen molar-refractivity contribution >= 4 is 11.9 Å². The van der Waals surface area contributed by atoms with E-state index in [1.54, 1.807) is 19.2 Å². The number of para-hydroxylation sites is 1. The van der Waals surface area contributed by atoms with Crippen LogP contribution in [-0.4, -0.2) is 37.2 Å². The molecule has 0 heterocycles. The molecular formula is C33H41NO5. The van der Waals surface area contributed by atoms with Crippen LogP contribution in [0.2, 0.25) is 0 Å². The lowest BCUT2D eigenvalue weighted by molar-refractivity contribution is -0.150. The van der Waals surface area contributed by atoms with Crippen LogP contribution in [0.1, 0.15) is 68.3 Å². The van der Waals surface area contributed by atoms with Gasteiger partial charge in [0.25, 0.3) is 5.91 Å². The van der Waals surface area contributed by atoms with Crippen LogP contribution in [0.25, 0.3) is 11.1 Å². The molecule has 2 N–H and O–H groups in total. The Kier molecular flexibility index (Phi) is 11.4. The molecule has 1 amide bonds. The molecule has 0 saturated carbocycles. The third-order valence-corrected chi connectivity index (χ3v) is 7.16. The monoisotopic (exact) mass is 531 g/mol. The Morgan fingerprint density at radius 2 is 1.51 bits per heavy atom. The van der Waals surface area contributed by atoms with Gasteiger partial charge in [0.05, 0.1) is 19.1 Å². The number of methoxy groups -OCH3 is 1. The number of ether oxygens (including phenoxy) is 2. The summed E-state index contributed by atoms with van der Waals surface area (Å²) in [5, 5.41) is 13.0. The van der Waals surface area contributed by atoms with Crippen LogP contribution < -0.4 is 14.8 Å². The number of benzene rings is 3. The van der Waals surface area contributed by atoms with Gasteiger partial charge in [-0.15, -0.1) is 0 Å². The van der Waals surface area contributed by atoms with E-state index >= 15 is 0 Å². The maximum Gasteiger partial charge on any atom is 0.309 e. The summed E-state index contributed by atoms with van der Waals surface area (Å²) in [6.07, 6.45) is 5.70. The normalized spacial score (nSPS) is 11.2. The molecule has 0 aliphatic rings. The van der Waals surface area contributed by atoms with E-state index in [9.17, 15) is 14.7 Å². The smallest absolute Gasteiger partial charge is 0.309 e. The lowest BCUT2D eigenvalue weighted by atomic mass is 9.74. The minimum Gasteiger partial charge on any atom is -0.496 e. The number of nitrogens with one attached hydrogen (secondary N) is 1. The van der Waals surface area contributed by atoms with Gasteiger partial charge in [-0.1, -0.05) is 82.0 Å². The standard InChI is InChI=1S/C33H41NO5/c1-4-6-20-33(32(36)37,21-7-5-2)24-25-12-18-28(19-13-25)39-23-22-34-31(35)27-16-14-26(15-17-27)29-10-8-9-11-30(29)38-3/h8-19H,4-7,20-24H2,1-3H3,(H,34,35)(H,36,37). The summed E-state index contributed by atoms with van der Waals surface area (Å²) < 4.78 is 11.2. The first-order valence-electron chi connectivity index (χ1n) is 13.9. The van der Waals surface area contributed by atoms with Gasteiger partial charge >= 0.3 is 5.97 Å². The molecule has 3 aromatic rings. The van der Waals surface area contributed by atoms with Crippen molar-refractivity contribution in [3.63, 3.8) is 0 Å². The summed E-state index contributed by atoms with van der Waals surface area (Å²) in [7, 11) is 1.64. The molecule has 6 heteroatoms. The van der Waals surface area contributed by atoms with Crippen molar-refractivity contribution in [2.24, 2.45) is 5.41 Å². The van der Waals surface area contributed by atoms with Gasteiger partial charge in [0.15, 0.2) is 0 Å². The highest BCUT2D eigenvalue weighted by Gasteiger charge is 2.37. The van der Waals surface area contributed by atoms with Gasteiger partial charge in [0.1, 0.15) is 18.1 Å². The molecule has 0 spiro atoms. The number of unbranched alkanes of at least 4 members (excludes halogenated alkanes) is 2. The lowest BCUT2D eigenvalue weighted by Gasteiger charge is -2.30. The predicted octanol–water partition coefficient (Wildman–Crippen LogP) is 7.16. The Bertz CT molecular complexity index is 1180. The van der Waals surface area contributed by atoms with E-state index in [0.717, 1.165) is 48.1 Å². The average Bonchev–Trinajstić information content (AvgIpc) is 2.97.